The van der Waals surface area contributed by atoms with Crippen LogP contribution in [-0.2, 0) is 6.42 Å². The number of aromatic amines is 1. The molecular weight excluding hydrogens is 228 g/mol. The fraction of sp³-hybridized carbons (Fsp3) is 0.286. The van der Waals surface area contributed by atoms with Crippen LogP contribution in [0.1, 0.15) is 30.1 Å². The first-order valence-electron chi connectivity index (χ1n) is 6.15. The Hall–Kier alpha value is -2.10. The van der Waals surface area contributed by atoms with E-state index in [1.54, 1.807) is 16.7 Å². The molecule has 1 atom stereocenters. The first kappa shape index (κ1) is 11.0. The summed E-state index contributed by atoms with van der Waals surface area (Å²) in [5, 5.41) is 0. The monoisotopic (exact) mass is 242 g/mol. The lowest BCUT2D eigenvalue weighted by molar-refractivity contribution is 0.471. The highest BCUT2D eigenvalue weighted by atomic mass is 16.1. The number of rotatable bonds is 1. The van der Waals surface area contributed by atoms with Crippen molar-refractivity contribution in [1.82, 2.24) is 9.55 Å². The molecule has 4 nitrogen and oxygen atoms in total. The van der Waals surface area contributed by atoms with Crippen LogP contribution in [0.5, 0.6) is 0 Å². The number of hydrogen-bond acceptors (Lipinski definition) is 2. The Morgan fingerprint density at radius 1 is 1.17 bits per heavy atom. The van der Waals surface area contributed by atoms with Crippen molar-refractivity contribution in [2.45, 2.75) is 25.3 Å². The molecule has 2 aromatic heterocycles. The summed E-state index contributed by atoms with van der Waals surface area (Å²) in [6, 6.07) is 8.60. The normalized spacial score (nSPS) is 18.3. The van der Waals surface area contributed by atoms with Gasteiger partial charge >= 0.3 is 0 Å². The fourth-order valence-electron chi connectivity index (χ4n) is 2.66. The number of aromatic nitrogens is 2. The standard InChI is InChI=1S/C14H14N2O2/c17-13-8-7-10-11(15-13)4-3-5-12(10)16-9-2-1-6-14(16)18/h1-2,6-9,12H,3-5H2,(H,15,17). The number of nitrogens with one attached hydrogen (secondary N) is 1. The molecule has 0 saturated heterocycles. The minimum Gasteiger partial charge on any atom is -0.326 e. The van der Waals surface area contributed by atoms with Crippen LogP contribution >= 0.6 is 0 Å². The molecule has 0 saturated carbocycles. The molecule has 0 aromatic carbocycles. The number of nitrogens with zero attached hydrogens (tertiary/aromatic N) is 1. The molecule has 1 N–H and O–H groups in total. The molecule has 2 heterocycles. The summed E-state index contributed by atoms with van der Waals surface area (Å²) in [7, 11) is 0. The van der Waals surface area contributed by atoms with Crippen molar-refractivity contribution >= 4 is 0 Å². The summed E-state index contributed by atoms with van der Waals surface area (Å²) in [5.41, 5.74) is 1.96. The van der Waals surface area contributed by atoms with E-state index in [9.17, 15) is 9.59 Å². The topological polar surface area (TPSA) is 54.9 Å². The number of hydrogen-bond donors (Lipinski definition) is 1. The molecule has 3 rings (SSSR count). The van der Waals surface area contributed by atoms with Gasteiger partial charge in [0.15, 0.2) is 0 Å². The third kappa shape index (κ3) is 1.79. The third-order valence-corrected chi connectivity index (χ3v) is 3.49. The number of H-pyrrole nitrogens is 1. The number of aryl methyl sites for hydroxylation is 1. The third-order valence-electron chi connectivity index (χ3n) is 3.49. The van der Waals surface area contributed by atoms with Crippen LogP contribution < -0.4 is 11.1 Å². The average molecular weight is 242 g/mol. The molecule has 0 bridgehead atoms. The van der Waals surface area contributed by atoms with Gasteiger partial charge in [-0.3, -0.25) is 9.59 Å². The molecule has 0 radical (unpaired) electrons. The van der Waals surface area contributed by atoms with Crippen LogP contribution in [0.15, 0.2) is 46.1 Å². The Morgan fingerprint density at radius 2 is 2.06 bits per heavy atom. The molecular formula is C14H14N2O2. The Bertz CT molecular complexity index is 684. The predicted octanol–water partition coefficient (Wildman–Crippen LogP) is 1.46. The van der Waals surface area contributed by atoms with Crippen molar-refractivity contribution in [2.24, 2.45) is 0 Å². The van der Waals surface area contributed by atoms with Crippen molar-refractivity contribution in [1.29, 1.82) is 0 Å². The molecule has 4 heteroatoms. The molecule has 0 fully saturated rings. The van der Waals surface area contributed by atoms with Gasteiger partial charge in [-0.25, -0.2) is 0 Å². The van der Waals surface area contributed by atoms with E-state index < -0.39 is 0 Å². The average Bonchev–Trinajstić information content (AvgIpc) is 2.38. The van der Waals surface area contributed by atoms with E-state index in [2.05, 4.69) is 4.98 Å². The lowest BCUT2D eigenvalue weighted by atomic mass is 9.91. The minimum absolute atomic E-state index is 0.00144. The summed E-state index contributed by atoms with van der Waals surface area (Å²) in [6.45, 7) is 0. The lowest BCUT2D eigenvalue weighted by Crippen LogP contribution is -2.28. The van der Waals surface area contributed by atoms with Gasteiger partial charge in [-0.1, -0.05) is 6.07 Å². The van der Waals surface area contributed by atoms with Gasteiger partial charge in [0, 0.05) is 24.0 Å². The second-order valence-electron chi connectivity index (χ2n) is 4.61. The van der Waals surface area contributed by atoms with Crippen molar-refractivity contribution in [2.75, 3.05) is 0 Å². The van der Waals surface area contributed by atoms with E-state index in [0.717, 1.165) is 30.5 Å². The highest BCUT2D eigenvalue weighted by Gasteiger charge is 2.22. The molecule has 2 aromatic rings. The van der Waals surface area contributed by atoms with Crippen LogP contribution in [0.3, 0.4) is 0 Å². The fourth-order valence-corrected chi connectivity index (χ4v) is 2.66. The van der Waals surface area contributed by atoms with Crippen LogP contribution in [0.4, 0.5) is 0 Å². The van der Waals surface area contributed by atoms with Gasteiger partial charge in [-0.15, -0.1) is 0 Å². The van der Waals surface area contributed by atoms with Gasteiger partial charge in [0.1, 0.15) is 0 Å². The van der Waals surface area contributed by atoms with Crippen LogP contribution in [0, 0.1) is 0 Å². The highest BCUT2D eigenvalue weighted by molar-refractivity contribution is 5.27. The van der Waals surface area contributed by atoms with Gasteiger partial charge in [-0.05, 0) is 37.0 Å². The molecule has 18 heavy (non-hydrogen) atoms. The van der Waals surface area contributed by atoms with E-state index in [1.807, 2.05) is 18.3 Å². The molecule has 0 spiro atoms. The van der Waals surface area contributed by atoms with E-state index in [0.29, 0.717) is 0 Å². The number of fused-ring (bicyclic) bond motifs is 1. The van der Waals surface area contributed by atoms with Crippen molar-refractivity contribution < 1.29 is 0 Å². The van der Waals surface area contributed by atoms with Crippen molar-refractivity contribution in [3.63, 3.8) is 0 Å². The summed E-state index contributed by atoms with van der Waals surface area (Å²) < 4.78 is 1.75. The summed E-state index contributed by atoms with van der Waals surface area (Å²) in [5.74, 6) is 0. The number of pyridine rings is 2. The Labute approximate surface area is 104 Å². The lowest BCUT2D eigenvalue weighted by Gasteiger charge is -2.26. The van der Waals surface area contributed by atoms with Crippen LogP contribution in [0.25, 0.3) is 0 Å². The zero-order valence-corrected chi connectivity index (χ0v) is 9.93. The zero-order chi connectivity index (χ0) is 12.5. The quantitative estimate of drug-likeness (QED) is 0.823. The first-order valence-corrected chi connectivity index (χ1v) is 6.15. The van der Waals surface area contributed by atoms with Crippen LogP contribution in [0.2, 0.25) is 0 Å². The molecule has 1 aliphatic carbocycles. The maximum atomic E-state index is 11.9. The second-order valence-corrected chi connectivity index (χ2v) is 4.61. The van der Waals surface area contributed by atoms with Gasteiger partial charge in [-0.2, -0.15) is 0 Å². The Balaban J connectivity index is 2.15. The smallest absolute Gasteiger partial charge is 0.251 e. The van der Waals surface area contributed by atoms with E-state index in [4.69, 9.17) is 0 Å². The highest BCUT2D eigenvalue weighted by Crippen LogP contribution is 2.29. The minimum atomic E-state index is -0.0743. The van der Waals surface area contributed by atoms with Gasteiger partial charge < -0.3 is 9.55 Å². The van der Waals surface area contributed by atoms with E-state index in [-0.39, 0.29) is 17.2 Å². The second kappa shape index (κ2) is 4.29. The summed E-state index contributed by atoms with van der Waals surface area (Å²) >= 11 is 0. The van der Waals surface area contributed by atoms with Gasteiger partial charge in [0.2, 0.25) is 5.56 Å². The Morgan fingerprint density at radius 3 is 2.89 bits per heavy atom. The SMILES string of the molecule is O=c1ccc2c([nH]1)CCCC2n1ccccc1=O. The van der Waals surface area contributed by atoms with E-state index >= 15 is 0 Å². The van der Waals surface area contributed by atoms with Crippen molar-refractivity contribution in [3.8, 4) is 0 Å². The predicted molar refractivity (Wildman–Crippen MR) is 68.8 cm³/mol. The largest absolute Gasteiger partial charge is 0.326 e. The van der Waals surface area contributed by atoms with Gasteiger partial charge in [0.25, 0.3) is 5.56 Å². The first-order chi connectivity index (χ1) is 8.75. The summed E-state index contributed by atoms with van der Waals surface area (Å²) in [6.07, 6.45) is 4.61. The molecule has 92 valence electrons. The van der Waals surface area contributed by atoms with E-state index in [1.165, 1.54) is 6.07 Å². The maximum Gasteiger partial charge on any atom is 0.251 e. The zero-order valence-electron chi connectivity index (χ0n) is 9.93. The van der Waals surface area contributed by atoms with Crippen molar-refractivity contribution in [3.05, 3.63) is 68.5 Å². The molecule has 1 unspecified atom stereocenters. The molecule has 0 amide bonds. The summed E-state index contributed by atoms with van der Waals surface area (Å²) in [4.78, 5) is 26.1. The molecule has 0 aliphatic heterocycles. The maximum absolute atomic E-state index is 11.9. The molecule has 1 aliphatic rings. The Kier molecular flexibility index (Phi) is 2.63. The van der Waals surface area contributed by atoms with Crippen LogP contribution in [-0.4, -0.2) is 9.55 Å². The van der Waals surface area contributed by atoms with Gasteiger partial charge in [0.05, 0.1) is 6.04 Å².